The SMILES string of the molecule is COC(=O)C(Cc1c[nH]c2ccccc12)N=Cc1ccc2ccccc2c1. The molecule has 1 atom stereocenters. The van der Waals surface area contributed by atoms with E-state index in [2.05, 4.69) is 34.2 Å². The van der Waals surface area contributed by atoms with E-state index in [4.69, 9.17) is 4.74 Å². The minimum Gasteiger partial charge on any atom is -0.467 e. The summed E-state index contributed by atoms with van der Waals surface area (Å²) >= 11 is 0. The number of hydrogen-bond acceptors (Lipinski definition) is 3. The first-order chi connectivity index (χ1) is 13.2. The van der Waals surface area contributed by atoms with E-state index in [0.717, 1.165) is 27.4 Å². The lowest BCUT2D eigenvalue weighted by atomic mass is 10.0. The highest BCUT2D eigenvalue weighted by molar-refractivity contribution is 5.91. The highest BCUT2D eigenvalue weighted by Gasteiger charge is 2.19. The number of fused-ring (bicyclic) bond motifs is 2. The number of nitrogens with zero attached hydrogens (tertiary/aromatic N) is 1. The van der Waals surface area contributed by atoms with Crippen LogP contribution < -0.4 is 0 Å². The summed E-state index contributed by atoms with van der Waals surface area (Å²) in [6.07, 6.45) is 4.18. The second-order valence-electron chi connectivity index (χ2n) is 6.49. The number of rotatable bonds is 5. The van der Waals surface area contributed by atoms with Gasteiger partial charge in [-0.3, -0.25) is 4.99 Å². The van der Waals surface area contributed by atoms with Crippen molar-refractivity contribution >= 4 is 33.9 Å². The van der Waals surface area contributed by atoms with E-state index in [-0.39, 0.29) is 5.97 Å². The number of para-hydroxylation sites is 1. The van der Waals surface area contributed by atoms with Crippen molar-refractivity contribution in [2.24, 2.45) is 4.99 Å². The topological polar surface area (TPSA) is 54.5 Å². The standard InChI is InChI=1S/C23H20N2O2/c1-27-23(26)22(13-19-15-25-21-9-5-4-8-20(19)21)24-14-16-10-11-17-6-2-3-7-18(17)12-16/h2-12,14-15,22,25H,13H2,1H3. The van der Waals surface area contributed by atoms with Crippen LogP contribution in [0.3, 0.4) is 0 Å². The molecule has 0 bridgehead atoms. The van der Waals surface area contributed by atoms with Crippen molar-refractivity contribution in [1.29, 1.82) is 0 Å². The van der Waals surface area contributed by atoms with Crippen LogP contribution in [0, 0.1) is 0 Å². The Labute approximate surface area is 157 Å². The third-order valence-corrected chi connectivity index (χ3v) is 4.74. The first kappa shape index (κ1) is 17.0. The smallest absolute Gasteiger partial charge is 0.330 e. The molecule has 4 nitrogen and oxygen atoms in total. The van der Waals surface area contributed by atoms with Gasteiger partial charge in [-0.25, -0.2) is 4.79 Å². The molecule has 3 aromatic carbocycles. The van der Waals surface area contributed by atoms with Crippen LogP contribution in [0.2, 0.25) is 0 Å². The van der Waals surface area contributed by atoms with Gasteiger partial charge in [-0.15, -0.1) is 0 Å². The molecule has 0 saturated heterocycles. The molecule has 1 N–H and O–H groups in total. The van der Waals surface area contributed by atoms with Gasteiger partial charge in [0.15, 0.2) is 6.04 Å². The quantitative estimate of drug-likeness (QED) is 0.422. The minimum absolute atomic E-state index is 0.336. The second-order valence-corrected chi connectivity index (χ2v) is 6.49. The maximum absolute atomic E-state index is 12.3. The van der Waals surface area contributed by atoms with Crippen molar-refractivity contribution < 1.29 is 9.53 Å². The second kappa shape index (κ2) is 7.46. The van der Waals surface area contributed by atoms with E-state index in [9.17, 15) is 4.79 Å². The number of carbonyl (C=O) groups is 1. The summed E-state index contributed by atoms with van der Waals surface area (Å²) in [7, 11) is 1.40. The summed E-state index contributed by atoms with van der Waals surface area (Å²) in [5.41, 5.74) is 3.06. The van der Waals surface area contributed by atoms with E-state index < -0.39 is 6.04 Å². The van der Waals surface area contributed by atoms with E-state index >= 15 is 0 Å². The minimum atomic E-state index is -0.583. The highest BCUT2D eigenvalue weighted by atomic mass is 16.5. The Balaban J connectivity index is 1.61. The van der Waals surface area contributed by atoms with Crippen LogP contribution in [0.1, 0.15) is 11.1 Å². The van der Waals surface area contributed by atoms with Gasteiger partial charge in [-0.1, -0.05) is 54.6 Å². The van der Waals surface area contributed by atoms with Gasteiger partial charge >= 0.3 is 5.97 Å². The molecule has 0 aliphatic rings. The molecule has 4 rings (SSSR count). The van der Waals surface area contributed by atoms with E-state index in [1.807, 2.05) is 48.7 Å². The van der Waals surface area contributed by atoms with Gasteiger partial charge in [-0.05, 0) is 34.0 Å². The number of hydrogen-bond donors (Lipinski definition) is 1. The molecular formula is C23H20N2O2. The normalized spacial score (nSPS) is 12.6. The fraction of sp³-hybridized carbons (Fsp3) is 0.130. The van der Waals surface area contributed by atoms with Crippen LogP contribution in [-0.4, -0.2) is 30.3 Å². The van der Waals surface area contributed by atoms with Crippen molar-refractivity contribution in [2.75, 3.05) is 7.11 Å². The van der Waals surface area contributed by atoms with Crippen molar-refractivity contribution in [3.05, 3.63) is 84.1 Å². The van der Waals surface area contributed by atoms with Crippen molar-refractivity contribution in [3.8, 4) is 0 Å². The van der Waals surface area contributed by atoms with Crippen LogP contribution >= 0.6 is 0 Å². The van der Waals surface area contributed by atoms with Gasteiger partial charge in [0.2, 0.25) is 0 Å². The maximum Gasteiger partial charge on any atom is 0.330 e. The van der Waals surface area contributed by atoms with Gasteiger partial charge in [-0.2, -0.15) is 0 Å². The molecule has 0 radical (unpaired) electrons. The van der Waals surface area contributed by atoms with E-state index in [1.54, 1.807) is 6.21 Å². The average Bonchev–Trinajstić information content (AvgIpc) is 3.13. The predicted octanol–water partition coefficient (Wildman–Crippen LogP) is 4.52. The first-order valence-electron chi connectivity index (χ1n) is 8.89. The molecule has 27 heavy (non-hydrogen) atoms. The molecule has 0 fully saturated rings. The van der Waals surface area contributed by atoms with Crippen molar-refractivity contribution in [1.82, 2.24) is 4.98 Å². The zero-order valence-corrected chi connectivity index (χ0v) is 15.1. The average molecular weight is 356 g/mol. The Morgan fingerprint density at radius 1 is 1.07 bits per heavy atom. The number of aromatic amines is 1. The first-order valence-corrected chi connectivity index (χ1v) is 8.89. The summed E-state index contributed by atoms with van der Waals surface area (Å²) in [6, 6.07) is 21.8. The Bertz CT molecular complexity index is 1130. The number of aliphatic imine (C=N–C) groups is 1. The van der Waals surface area contributed by atoms with Crippen LogP contribution in [0.25, 0.3) is 21.7 Å². The van der Waals surface area contributed by atoms with Gasteiger partial charge in [0, 0.05) is 29.7 Å². The van der Waals surface area contributed by atoms with Gasteiger partial charge < -0.3 is 9.72 Å². The lowest BCUT2D eigenvalue weighted by Crippen LogP contribution is -2.23. The molecule has 4 heteroatoms. The third kappa shape index (κ3) is 3.60. The Morgan fingerprint density at radius 2 is 1.85 bits per heavy atom. The monoisotopic (exact) mass is 356 g/mol. The molecule has 1 heterocycles. The molecule has 0 aliphatic carbocycles. The number of nitrogens with one attached hydrogen (secondary N) is 1. The van der Waals surface area contributed by atoms with Crippen LogP contribution in [0.15, 0.2) is 77.9 Å². The summed E-state index contributed by atoms with van der Waals surface area (Å²) in [6.45, 7) is 0. The van der Waals surface area contributed by atoms with Crippen LogP contribution in [-0.2, 0) is 16.0 Å². The number of aromatic nitrogens is 1. The summed E-state index contributed by atoms with van der Waals surface area (Å²) in [4.78, 5) is 20.0. The summed E-state index contributed by atoms with van der Waals surface area (Å²) in [5.74, 6) is -0.336. The Morgan fingerprint density at radius 3 is 2.70 bits per heavy atom. The zero-order valence-electron chi connectivity index (χ0n) is 15.1. The van der Waals surface area contributed by atoms with Gasteiger partial charge in [0.1, 0.15) is 0 Å². The van der Waals surface area contributed by atoms with Gasteiger partial charge in [0.25, 0.3) is 0 Å². The van der Waals surface area contributed by atoms with Crippen LogP contribution in [0.4, 0.5) is 0 Å². The lowest BCUT2D eigenvalue weighted by Gasteiger charge is -2.10. The molecule has 0 spiro atoms. The number of H-pyrrole nitrogens is 1. The summed E-state index contributed by atoms with van der Waals surface area (Å²) in [5, 5.41) is 3.43. The van der Waals surface area contributed by atoms with Crippen LogP contribution in [0.5, 0.6) is 0 Å². The molecule has 0 saturated carbocycles. The number of benzene rings is 3. The Hall–Kier alpha value is -3.40. The molecule has 0 amide bonds. The predicted molar refractivity (Wildman–Crippen MR) is 109 cm³/mol. The molecular weight excluding hydrogens is 336 g/mol. The Kier molecular flexibility index (Phi) is 4.71. The number of carbonyl (C=O) groups excluding carboxylic acids is 1. The molecule has 1 unspecified atom stereocenters. The van der Waals surface area contributed by atoms with Gasteiger partial charge in [0.05, 0.1) is 7.11 Å². The number of ether oxygens (including phenoxy) is 1. The number of methoxy groups -OCH3 is 1. The molecule has 1 aromatic heterocycles. The third-order valence-electron chi connectivity index (χ3n) is 4.74. The molecule has 0 aliphatic heterocycles. The fourth-order valence-electron chi connectivity index (χ4n) is 3.31. The largest absolute Gasteiger partial charge is 0.467 e. The zero-order chi connectivity index (χ0) is 18.6. The molecule has 134 valence electrons. The maximum atomic E-state index is 12.3. The van der Waals surface area contributed by atoms with E-state index in [1.165, 1.54) is 12.5 Å². The highest BCUT2D eigenvalue weighted by Crippen LogP contribution is 2.20. The van der Waals surface area contributed by atoms with E-state index in [0.29, 0.717) is 6.42 Å². The van der Waals surface area contributed by atoms with Crippen molar-refractivity contribution in [3.63, 3.8) is 0 Å². The fourth-order valence-corrected chi connectivity index (χ4v) is 3.31. The number of esters is 1. The summed E-state index contributed by atoms with van der Waals surface area (Å²) < 4.78 is 4.97. The van der Waals surface area contributed by atoms with Crippen molar-refractivity contribution in [2.45, 2.75) is 12.5 Å². The lowest BCUT2D eigenvalue weighted by molar-refractivity contribution is -0.142. The molecule has 4 aromatic rings.